The van der Waals surface area contributed by atoms with Crippen LogP contribution in [-0.4, -0.2) is 37.4 Å². The predicted octanol–water partition coefficient (Wildman–Crippen LogP) is 2.35. The Bertz CT molecular complexity index is 719. The molecule has 0 aromatic heterocycles. The Morgan fingerprint density at radius 3 is 2.64 bits per heavy atom. The van der Waals surface area contributed by atoms with Crippen molar-refractivity contribution in [3.63, 3.8) is 0 Å². The van der Waals surface area contributed by atoms with Gasteiger partial charge < -0.3 is 25.6 Å². The Balaban J connectivity index is 1.64. The zero-order valence-corrected chi connectivity index (χ0v) is 14.0. The number of nitrogens with zero attached hydrogens (tertiary/aromatic N) is 1. The standard InChI is InChI=1S/C19H23N3O3/c20-19(21-12-15(13-23)14-5-2-1-3-6-14)22-16-7-8-17-18(11-16)25-10-4-9-24-17/h1-3,5-8,11,15,23H,4,9-10,12-13H2,(H3,20,21,22). The van der Waals surface area contributed by atoms with E-state index in [9.17, 15) is 5.11 Å². The van der Waals surface area contributed by atoms with Crippen LogP contribution in [0.5, 0.6) is 11.5 Å². The summed E-state index contributed by atoms with van der Waals surface area (Å²) in [5.74, 6) is 1.66. The van der Waals surface area contributed by atoms with E-state index in [2.05, 4.69) is 10.3 Å². The number of guanidine groups is 1. The number of nitrogens with one attached hydrogen (secondary N) is 1. The van der Waals surface area contributed by atoms with Gasteiger partial charge >= 0.3 is 0 Å². The highest BCUT2D eigenvalue weighted by Crippen LogP contribution is 2.32. The highest BCUT2D eigenvalue weighted by Gasteiger charge is 2.12. The molecule has 1 heterocycles. The van der Waals surface area contributed by atoms with Crippen molar-refractivity contribution in [1.29, 1.82) is 0 Å². The van der Waals surface area contributed by atoms with Crippen molar-refractivity contribution < 1.29 is 14.6 Å². The second-order valence-electron chi connectivity index (χ2n) is 5.85. The summed E-state index contributed by atoms with van der Waals surface area (Å²) in [6.45, 7) is 1.72. The van der Waals surface area contributed by atoms with Crippen molar-refractivity contribution >= 4 is 11.6 Å². The molecule has 132 valence electrons. The van der Waals surface area contributed by atoms with Crippen molar-refractivity contribution in [2.75, 3.05) is 31.7 Å². The molecule has 1 unspecified atom stereocenters. The first kappa shape index (κ1) is 17.1. The zero-order valence-electron chi connectivity index (χ0n) is 14.0. The Labute approximate surface area is 147 Å². The molecule has 1 aliphatic heterocycles. The largest absolute Gasteiger partial charge is 0.490 e. The molecule has 0 radical (unpaired) electrons. The third kappa shape index (κ3) is 4.64. The summed E-state index contributed by atoms with van der Waals surface area (Å²) in [5.41, 5.74) is 7.80. The van der Waals surface area contributed by atoms with E-state index in [1.165, 1.54) is 0 Å². The molecule has 25 heavy (non-hydrogen) atoms. The van der Waals surface area contributed by atoms with E-state index in [0.29, 0.717) is 31.5 Å². The van der Waals surface area contributed by atoms with E-state index >= 15 is 0 Å². The summed E-state index contributed by atoms with van der Waals surface area (Å²) in [6.07, 6.45) is 0.864. The molecule has 0 spiro atoms. The number of aliphatic imine (C=N–C) groups is 1. The first-order valence-electron chi connectivity index (χ1n) is 8.38. The monoisotopic (exact) mass is 341 g/mol. The SMILES string of the molecule is NC(=NCC(CO)c1ccccc1)Nc1ccc2c(c1)OCCCO2. The minimum Gasteiger partial charge on any atom is -0.490 e. The average molecular weight is 341 g/mol. The van der Waals surface area contributed by atoms with Crippen molar-refractivity contribution in [3.05, 3.63) is 54.1 Å². The lowest BCUT2D eigenvalue weighted by Gasteiger charge is -2.13. The molecule has 6 nitrogen and oxygen atoms in total. The van der Waals surface area contributed by atoms with Crippen LogP contribution < -0.4 is 20.5 Å². The molecule has 0 saturated heterocycles. The van der Waals surface area contributed by atoms with Gasteiger partial charge in [-0.3, -0.25) is 4.99 Å². The number of nitrogens with two attached hydrogens (primary N) is 1. The van der Waals surface area contributed by atoms with Gasteiger partial charge in [0.15, 0.2) is 17.5 Å². The summed E-state index contributed by atoms with van der Waals surface area (Å²) in [5, 5.41) is 12.6. The molecule has 2 aromatic carbocycles. The maximum absolute atomic E-state index is 9.58. The number of aliphatic hydroxyl groups is 1. The molecule has 0 aliphatic carbocycles. The molecular weight excluding hydrogens is 318 g/mol. The van der Waals surface area contributed by atoms with Crippen LogP contribution in [-0.2, 0) is 0 Å². The lowest BCUT2D eigenvalue weighted by Crippen LogP contribution is -2.24. The van der Waals surface area contributed by atoms with E-state index in [1.54, 1.807) is 0 Å². The Morgan fingerprint density at radius 1 is 1.12 bits per heavy atom. The molecule has 0 fully saturated rings. The number of ether oxygens (including phenoxy) is 2. The van der Waals surface area contributed by atoms with Crippen LogP contribution in [0.2, 0.25) is 0 Å². The summed E-state index contributed by atoms with van der Waals surface area (Å²) in [7, 11) is 0. The van der Waals surface area contributed by atoms with Gasteiger partial charge in [0.05, 0.1) is 26.4 Å². The minimum absolute atomic E-state index is 0.0187. The van der Waals surface area contributed by atoms with Gasteiger partial charge in [-0.15, -0.1) is 0 Å². The Kier molecular flexibility index (Phi) is 5.74. The van der Waals surface area contributed by atoms with E-state index in [4.69, 9.17) is 15.2 Å². The molecule has 6 heteroatoms. The fraction of sp³-hybridized carbons (Fsp3) is 0.316. The van der Waals surface area contributed by atoms with Crippen LogP contribution in [0.15, 0.2) is 53.5 Å². The molecule has 4 N–H and O–H groups in total. The molecule has 1 aliphatic rings. The van der Waals surface area contributed by atoms with Crippen LogP contribution in [0.3, 0.4) is 0 Å². The third-order valence-corrected chi connectivity index (χ3v) is 3.99. The number of fused-ring (bicyclic) bond motifs is 1. The van der Waals surface area contributed by atoms with Crippen LogP contribution in [0.25, 0.3) is 0 Å². The van der Waals surface area contributed by atoms with Gasteiger partial charge in [-0.25, -0.2) is 0 Å². The number of hydrogen-bond acceptors (Lipinski definition) is 4. The smallest absolute Gasteiger partial charge is 0.193 e. The molecular formula is C19H23N3O3. The van der Waals surface area contributed by atoms with Crippen LogP contribution >= 0.6 is 0 Å². The highest BCUT2D eigenvalue weighted by molar-refractivity contribution is 5.92. The van der Waals surface area contributed by atoms with Gasteiger partial charge in [-0.2, -0.15) is 0 Å². The van der Waals surface area contributed by atoms with Gasteiger partial charge in [0.2, 0.25) is 0 Å². The summed E-state index contributed by atoms with van der Waals surface area (Å²) in [4.78, 5) is 4.35. The second kappa shape index (κ2) is 8.39. The maximum atomic E-state index is 9.58. The fourth-order valence-electron chi connectivity index (χ4n) is 2.63. The molecule has 3 rings (SSSR count). The van der Waals surface area contributed by atoms with Crippen molar-refractivity contribution in [3.8, 4) is 11.5 Å². The number of hydrogen-bond donors (Lipinski definition) is 3. The first-order valence-corrected chi connectivity index (χ1v) is 8.38. The van der Waals surface area contributed by atoms with Crippen molar-refractivity contribution in [2.45, 2.75) is 12.3 Å². The lowest BCUT2D eigenvalue weighted by molar-refractivity contribution is 0.268. The van der Waals surface area contributed by atoms with Gasteiger partial charge in [-0.05, 0) is 17.7 Å². The van der Waals surface area contributed by atoms with Gasteiger partial charge in [0.1, 0.15) is 0 Å². The summed E-state index contributed by atoms with van der Waals surface area (Å²) >= 11 is 0. The van der Waals surface area contributed by atoms with Gasteiger partial charge in [0, 0.05) is 24.1 Å². The van der Waals surface area contributed by atoms with E-state index in [-0.39, 0.29) is 12.5 Å². The van der Waals surface area contributed by atoms with Crippen LogP contribution in [0, 0.1) is 0 Å². The molecule has 0 bridgehead atoms. The number of anilines is 1. The lowest BCUT2D eigenvalue weighted by atomic mass is 10.0. The Morgan fingerprint density at radius 2 is 1.88 bits per heavy atom. The normalized spacial score (nSPS) is 15.3. The molecule has 1 atom stereocenters. The summed E-state index contributed by atoms with van der Waals surface area (Å²) < 4.78 is 11.3. The number of aliphatic hydroxyl groups excluding tert-OH is 1. The fourth-order valence-corrected chi connectivity index (χ4v) is 2.63. The van der Waals surface area contributed by atoms with Gasteiger partial charge in [-0.1, -0.05) is 30.3 Å². The van der Waals surface area contributed by atoms with Crippen molar-refractivity contribution in [2.24, 2.45) is 10.7 Å². The number of benzene rings is 2. The molecule has 2 aromatic rings. The Hall–Kier alpha value is -2.73. The predicted molar refractivity (Wildman–Crippen MR) is 98.4 cm³/mol. The molecule has 0 saturated carbocycles. The van der Waals surface area contributed by atoms with Gasteiger partial charge in [0.25, 0.3) is 0 Å². The highest BCUT2D eigenvalue weighted by atomic mass is 16.5. The average Bonchev–Trinajstić information content (AvgIpc) is 2.88. The first-order chi connectivity index (χ1) is 12.3. The van der Waals surface area contributed by atoms with E-state index in [0.717, 1.165) is 23.4 Å². The topological polar surface area (TPSA) is 89.1 Å². The van der Waals surface area contributed by atoms with Crippen LogP contribution in [0.4, 0.5) is 5.69 Å². The minimum atomic E-state index is -0.0784. The molecule has 0 amide bonds. The van der Waals surface area contributed by atoms with Crippen molar-refractivity contribution in [1.82, 2.24) is 0 Å². The third-order valence-electron chi connectivity index (χ3n) is 3.99. The second-order valence-corrected chi connectivity index (χ2v) is 5.85. The zero-order chi connectivity index (χ0) is 17.5. The number of rotatable bonds is 5. The van der Waals surface area contributed by atoms with E-state index < -0.39 is 0 Å². The summed E-state index contributed by atoms with van der Waals surface area (Å²) in [6, 6.07) is 15.4. The van der Waals surface area contributed by atoms with Crippen LogP contribution in [0.1, 0.15) is 17.9 Å². The van der Waals surface area contributed by atoms with E-state index in [1.807, 2.05) is 48.5 Å². The quantitative estimate of drug-likeness (QED) is 0.574. The maximum Gasteiger partial charge on any atom is 0.193 e.